The van der Waals surface area contributed by atoms with Gasteiger partial charge in [-0.1, -0.05) is 84.9 Å². The first-order chi connectivity index (χ1) is 21.5. The van der Waals surface area contributed by atoms with Gasteiger partial charge in [-0.25, -0.2) is 8.78 Å². The van der Waals surface area contributed by atoms with Crippen LogP contribution in [-0.4, -0.2) is 5.91 Å². The topological polar surface area (TPSA) is 38.8 Å². The molecular weight excluding hydrogens is 556 g/mol. The van der Waals surface area contributed by atoms with Crippen LogP contribution in [-0.2, 0) is 22.7 Å². The predicted octanol–water partition coefficient (Wildman–Crippen LogP) is 8.99. The van der Waals surface area contributed by atoms with E-state index in [0.717, 1.165) is 28.0 Å². The van der Waals surface area contributed by atoms with Crippen LogP contribution in [0.2, 0.25) is 0 Å². The predicted molar refractivity (Wildman–Crippen MR) is 167 cm³/mol. The summed E-state index contributed by atoms with van der Waals surface area (Å²) < 4.78 is 39.8. The number of anilines is 1. The molecule has 0 radical (unpaired) electrons. The van der Waals surface area contributed by atoms with E-state index in [4.69, 9.17) is 9.47 Å². The highest BCUT2D eigenvalue weighted by Gasteiger charge is 2.48. The number of hydrogen-bond acceptors (Lipinski definition) is 3. The fourth-order valence-electron chi connectivity index (χ4n) is 5.73. The average Bonchev–Trinajstić information content (AvgIpc) is 3.06. The Labute approximate surface area is 256 Å². The molecule has 0 N–H and O–H groups in total. The average molecular weight is 590 g/mol. The lowest BCUT2D eigenvalue weighted by molar-refractivity contribution is -0.131. The first kappa shape index (κ1) is 29.3. The first-order valence-electron chi connectivity index (χ1n) is 14.8. The van der Waals surface area contributed by atoms with Crippen molar-refractivity contribution in [3.63, 3.8) is 0 Å². The van der Waals surface area contributed by atoms with Crippen molar-refractivity contribution in [1.82, 2.24) is 0 Å². The number of ether oxygens (including phenoxy) is 2. The van der Waals surface area contributed by atoms with Crippen LogP contribution in [0.1, 0.15) is 47.2 Å². The van der Waals surface area contributed by atoms with E-state index < -0.39 is 0 Å². The molecule has 6 heteroatoms. The van der Waals surface area contributed by atoms with Crippen LogP contribution in [0, 0.1) is 17.6 Å². The van der Waals surface area contributed by atoms with Gasteiger partial charge in [0.05, 0.1) is 24.7 Å². The summed E-state index contributed by atoms with van der Waals surface area (Å²) in [6, 6.07) is 39.8. The Bertz CT molecular complexity index is 1640. The maximum absolute atomic E-state index is 13.7. The zero-order valence-corrected chi connectivity index (χ0v) is 24.2. The summed E-state index contributed by atoms with van der Waals surface area (Å²) >= 11 is 0. The van der Waals surface area contributed by atoms with Crippen LogP contribution in [0.5, 0.6) is 5.75 Å². The van der Waals surface area contributed by atoms with E-state index in [2.05, 4.69) is 0 Å². The Balaban J connectivity index is 1.21. The summed E-state index contributed by atoms with van der Waals surface area (Å²) in [5.74, 6) is -0.256. The lowest BCUT2D eigenvalue weighted by atomic mass is 9.78. The molecule has 0 saturated carbocycles. The molecule has 0 bridgehead atoms. The highest BCUT2D eigenvalue weighted by molar-refractivity contribution is 6.03. The summed E-state index contributed by atoms with van der Waals surface area (Å²) in [5, 5.41) is 0. The summed E-state index contributed by atoms with van der Waals surface area (Å²) in [6.07, 6.45) is 0.809. The minimum atomic E-state index is -0.354. The zero-order chi connectivity index (χ0) is 30.3. The quantitative estimate of drug-likeness (QED) is 0.136. The third kappa shape index (κ3) is 6.87. The molecule has 1 amide bonds. The molecule has 1 aliphatic heterocycles. The van der Waals surface area contributed by atoms with Gasteiger partial charge in [-0.15, -0.1) is 0 Å². The van der Waals surface area contributed by atoms with Crippen LogP contribution in [0.15, 0.2) is 133 Å². The van der Waals surface area contributed by atoms with Crippen molar-refractivity contribution in [3.05, 3.63) is 167 Å². The number of carbonyl (C=O) groups is 1. The minimum Gasteiger partial charge on any atom is -0.489 e. The molecule has 0 aromatic heterocycles. The molecule has 5 aromatic rings. The van der Waals surface area contributed by atoms with E-state index in [1.54, 1.807) is 29.2 Å². The van der Waals surface area contributed by atoms with Gasteiger partial charge in [0.15, 0.2) is 0 Å². The standard InChI is InChI=1S/C38H33F2NO3/c39-31-15-11-29(12-16-31)36(44-26-28-9-5-2-6-10-28)24-23-35-37(41(38(35)42)33-19-17-32(40)18-20-33)30-13-21-34(22-14-30)43-25-27-7-3-1-4-8-27/h1-22,35-37H,23-26H2/t35?,36-,37?/m0/s1. The lowest BCUT2D eigenvalue weighted by Crippen LogP contribution is -2.55. The first-order valence-corrected chi connectivity index (χ1v) is 14.8. The van der Waals surface area contributed by atoms with Crippen molar-refractivity contribution < 1.29 is 23.0 Å². The van der Waals surface area contributed by atoms with Gasteiger partial charge in [0.1, 0.15) is 24.0 Å². The number of amides is 1. The monoisotopic (exact) mass is 589 g/mol. The molecule has 4 nitrogen and oxygen atoms in total. The molecule has 1 heterocycles. The van der Waals surface area contributed by atoms with Crippen molar-refractivity contribution in [2.45, 2.75) is 38.2 Å². The molecule has 3 atom stereocenters. The number of carbonyl (C=O) groups excluding carboxylic acids is 1. The summed E-state index contributed by atoms with van der Waals surface area (Å²) in [4.78, 5) is 15.4. The molecule has 1 fully saturated rings. The number of benzene rings is 5. The molecule has 1 aliphatic rings. The van der Waals surface area contributed by atoms with E-state index >= 15 is 0 Å². The van der Waals surface area contributed by atoms with Crippen molar-refractivity contribution in [2.24, 2.45) is 5.92 Å². The van der Waals surface area contributed by atoms with Gasteiger partial charge < -0.3 is 14.4 Å². The summed E-state index contributed by atoms with van der Waals surface area (Å²) in [7, 11) is 0. The molecule has 222 valence electrons. The van der Waals surface area contributed by atoms with Gasteiger partial charge in [0.25, 0.3) is 0 Å². The Kier molecular flexibility index (Phi) is 9.09. The van der Waals surface area contributed by atoms with Crippen molar-refractivity contribution in [3.8, 4) is 5.75 Å². The Morgan fingerprint density at radius 2 is 1.23 bits per heavy atom. The number of nitrogens with zero attached hydrogens (tertiary/aromatic N) is 1. The Morgan fingerprint density at radius 1 is 0.659 bits per heavy atom. The smallest absolute Gasteiger partial charge is 0.233 e. The number of β-lactam (4-membered cyclic amide) rings is 1. The highest BCUT2D eigenvalue weighted by Crippen LogP contribution is 2.47. The Morgan fingerprint density at radius 3 is 1.84 bits per heavy atom. The third-order valence-electron chi connectivity index (χ3n) is 8.06. The van der Waals surface area contributed by atoms with Crippen LogP contribution in [0.3, 0.4) is 0 Å². The maximum Gasteiger partial charge on any atom is 0.233 e. The summed E-state index contributed by atoms with van der Waals surface area (Å²) in [6.45, 7) is 0.858. The van der Waals surface area contributed by atoms with Crippen LogP contribution < -0.4 is 9.64 Å². The lowest BCUT2D eigenvalue weighted by Gasteiger charge is -2.48. The Hall–Kier alpha value is -4.81. The fraction of sp³-hybridized carbons (Fsp3) is 0.184. The van der Waals surface area contributed by atoms with Gasteiger partial charge in [-0.05, 0) is 83.6 Å². The van der Waals surface area contributed by atoms with Gasteiger partial charge in [0, 0.05) is 5.69 Å². The van der Waals surface area contributed by atoms with Crippen molar-refractivity contribution in [1.29, 1.82) is 0 Å². The summed E-state index contributed by atoms with van der Waals surface area (Å²) in [5.41, 5.74) is 4.59. The van der Waals surface area contributed by atoms with Crippen LogP contribution in [0.4, 0.5) is 14.5 Å². The second kappa shape index (κ2) is 13.7. The van der Waals surface area contributed by atoms with Crippen LogP contribution in [0.25, 0.3) is 0 Å². The van der Waals surface area contributed by atoms with Gasteiger partial charge in [-0.2, -0.15) is 0 Å². The molecule has 44 heavy (non-hydrogen) atoms. The molecule has 5 aromatic carbocycles. The molecule has 2 unspecified atom stereocenters. The number of rotatable bonds is 12. The fourth-order valence-corrected chi connectivity index (χ4v) is 5.73. The van der Waals surface area contributed by atoms with Crippen LogP contribution >= 0.6 is 0 Å². The molecule has 6 rings (SSSR count). The number of halogens is 2. The molecule has 0 aliphatic carbocycles. The zero-order valence-electron chi connectivity index (χ0n) is 24.2. The molecule has 1 saturated heterocycles. The minimum absolute atomic E-state index is 0.0214. The number of hydrogen-bond donors (Lipinski definition) is 0. The van der Waals surface area contributed by atoms with E-state index in [-0.39, 0.29) is 35.6 Å². The van der Waals surface area contributed by atoms with Gasteiger partial charge >= 0.3 is 0 Å². The third-order valence-corrected chi connectivity index (χ3v) is 8.06. The van der Waals surface area contributed by atoms with E-state index in [9.17, 15) is 13.6 Å². The second-order valence-electron chi connectivity index (χ2n) is 11.0. The van der Waals surface area contributed by atoms with E-state index in [1.807, 2.05) is 84.9 Å². The SMILES string of the molecule is O=C1C(CC[C@H](OCc2ccccc2)c2ccc(F)cc2)C(c2ccc(OCc3ccccc3)cc2)N1c1ccc(F)cc1. The van der Waals surface area contributed by atoms with Gasteiger partial charge in [0.2, 0.25) is 5.91 Å². The second-order valence-corrected chi connectivity index (χ2v) is 11.0. The largest absolute Gasteiger partial charge is 0.489 e. The van der Waals surface area contributed by atoms with Crippen molar-refractivity contribution in [2.75, 3.05) is 4.90 Å². The normalized spacial score (nSPS) is 16.8. The maximum atomic E-state index is 13.7. The van der Waals surface area contributed by atoms with Gasteiger partial charge in [-0.3, -0.25) is 4.79 Å². The molecule has 0 spiro atoms. The van der Waals surface area contributed by atoms with Crippen molar-refractivity contribution >= 4 is 11.6 Å². The highest BCUT2D eigenvalue weighted by atomic mass is 19.1. The van der Waals surface area contributed by atoms with E-state index in [0.29, 0.717) is 31.7 Å². The van der Waals surface area contributed by atoms with E-state index in [1.165, 1.54) is 24.3 Å². The molecular formula is C38H33F2NO3.